The van der Waals surface area contributed by atoms with Gasteiger partial charge in [-0.25, -0.2) is 17.5 Å². The van der Waals surface area contributed by atoms with Gasteiger partial charge in [-0.05, 0) is 31.4 Å². The zero-order valence-corrected chi connectivity index (χ0v) is 13.0. The molecule has 1 rings (SSSR count). The third-order valence-electron chi connectivity index (χ3n) is 3.04. The van der Waals surface area contributed by atoms with Crippen LogP contribution in [0.5, 0.6) is 0 Å². The zero-order chi connectivity index (χ0) is 15.3. The lowest BCUT2D eigenvalue weighted by molar-refractivity contribution is 0.486. The molecular weight excluding hydrogens is 279 g/mol. The molecule has 0 aliphatic rings. The van der Waals surface area contributed by atoms with Crippen molar-refractivity contribution in [2.75, 3.05) is 5.73 Å². The first-order chi connectivity index (χ1) is 9.24. The van der Waals surface area contributed by atoms with Crippen LogP contribution in [0.4, 0.5) is 10.1 Å². The second-order valence-electron chi connectivity index (χ2n) is 5.51. The Kier molecular flexibility index (Phi) is 5.95. The molecule has 114 valence electrons. The molecule has 0 fully saturated rings. The molecule has 6 heteroatoms. The number of sulfonamides is 1. The number of rotatable bonds is 7. The van der Waals surface area contributed by atoms with Crippen LogP contribution in [0, 0.1) is 11.7 Å². The molecule has 1 atom stereocenters. The fourth-order valence-corrected chi connectivity index (χ4v) is 3.49. The fraction of sp³-hybridized carbons (Fsp3) is 0.571. The molecule has 0 heterocycles. The van der Waals surface area contributed by atoms with Gasteiger partial charge in [-0.15, -0.1) is 0 Å². The second-order valence-corrected chi connectivity index (χ2v) is 7.16. The van der Waals surface area contributed by atoms with Gasteiger partial charge in [0.1, 0.15) is 10.7 Å². The minimum absolute atomic E-state index is 0.0770. The maximum absolute atomic E-state index is 13.7. The maximum Gasteiger partial charge on any atom is 0.245 e. The number of nitrogen functional groups attached to an aromatic ring is 1. The van der Waals surface area contributed by atoms with Crippen LogP contribution in [0.1, 0.15) is 40.0 Å². The topological polar surface area (TPSA) is 72.2 Å². The van der Waals surface area contributed by atoms with Gasteiger partial charge in [0.2, 0.25) is 10.0 Å². The van der Waals surface area contributed by atoms with E-state index >= 15 is 0 Å². The molecule has 0 saturated carbocycles. The lowest BCUT2D eigenvalue weighted by Gasteiger charge is -2.16. The van der Waals surface area contributed by atoms with Crippen molar-refractivity contribution in [2.45, 2.75) is 51.0 Å². The first kappa shape index (κ1) is 16.9. The molecule has 0 spiro atoms. The van der Waals surface area contributed by atoms with Gasteiger partial charge in [0.25, 0.3) is 0 Å². The lowest BCUT2D eigenvalue weighted by Crippen LogP contribution is -2.33. The fourth-order valence-electron chi connectivity index (χ4n) is 2.02. The molecule has 0 aromatic heterocycles. The molecule has 0 saturated heterocycles. The quantitative estimate of drug-likeness (QED) is 0.761. The van der Waals surface area contributed by atoms with Crippen LogP contribution in [0.2, 0.25) is 0 Å². The number of halogens is 1. The highest BCUT2D eigenvalue weighted by Gasteiger charge is 2.23. The molecule has 4 nitrogen and oxygen atoms in total. The molecule has 1 aromatic rings. The van der Waals surface area contributed by atoms with E-state index in [1.54, 1.807) is 6.92 Å². The van der Waals surface area contributed by atoms with Crippen LogP contribution in [0.15, 0.2) is 23.1 Å². The summed E-state index contributed by atoms with van der Waals surface area (Å²) in [6.45, 7) is 6.01. The van der Waals surface area contributed by atoms with Crippen molar-refractivity contribution in [2.24, 2.45) is 5.92 Å². The Morgan fingerprint density at radius 2 is 1.90 bits per heavy atom. The summed E-state index contributed by atoms with van der Waals surface area (Å²) in [5.41, 5.74) is 5.49. The van der Waals surface area contributed by atoms with Crippen molar-refractivity contribution in [1.82, 2.24) is 4.72 Å². The third-order valence-corrected chi connectivity index (χ3v) is 4.72. The van der Waals surface area contributed by atoms with Gasteiger partial charge in [0.15, 0.2) is 0 Å². The third kappa shape index (κ3) is 4.76. The van der Waals surface area contributed by atoms with Gasteiger partial charge in [-0.3, -0.25) is 0 Å². The van der Waals surface area contributed by atoms with Gasteiger partial charge in [-0.2, -0.15) is 0 Å². The molecule has 20 heavy (non-hydrogen) atoms. The van der Waals surface area contributed by atoms with E-state index in [1.807, 2.05) is 0 Å². The largest absolute Gasteiger partial charge is 0.398 e. The van der Waals surface area contributed by atoms with E-state index in [0.717, 1.165) is 18.9 Å². The van der Waals surface area contributed by atoms with Gasteiger partial charge >= 0.3 is 0 Å². The van der Waals surface area contributed by atoms with Crippen molar-refractivity contribution < 1.29 is 12.8 Å². The van der Waals surface area contributed by atoms with E-state index in [1.165, 1.54) is 12.1 Å². The first-order valence-corrected chi connectivity index (χ1v) is 8.28. The van der Waals surface area contributed by atoms with Gasteiger partial charge in [-0.1, -0.05) is 32.8 Å². The summed E-state index contributed by atoms with van der Waals surface area (Å²) in [6, 6.07) is 3.60. The normalized spacial score (nSPS) is 13.7. The Hall–Kier alpha value is -1.14. The van der Waals surface area contributed by atoms with E-state index in [9.17, 15) is 12.8 Å². The van der Waals surface area contributed by atoms with Crippen molar-refractivity contribution in [1.29, 1.82) is 0 Å². The summed E-state index contributed by atoms with van der Waals surface area (Å²) in [5, 5.41) is 0. The van der Waals surface area contributed by atoms with Crippen LogP contribution >= 0.6 is 0 Å². The highest BCUT2D eigenvalue weighted by Crippen LogP contribution is 2.22. The molecule has 0 aliphatic heterocycles. The van der Waals surface area contributed by atoms with Gasteiger partial charge in [0.05, 0.1) is 5.69 Å². The Morgan fingerprint density at radius 1 is 1.25 bits per heavy atom. The Labute approximate surface area is 120 Å². The minimum atomic E-state index is -3.92. The van der Waals surface area contributed by atoms with Gasteiger partial charge < -0.3 is 5.73 Å². The van der Waals surface area contributed by atoms with Crippen LogP contribution in [0.25, 0.3) is 0 Å². The molecule has 0 radical (unpaired) electrons. The Morgan fingerprint density at radius 3 is 2.45 bits per heavy atom. The molecule has 0 amide bonds. The Balaban J connectivity index is 2.75. The molecule has 1 aromatic carbocycles. The van der Waals surface area contributed by atoms with E-state index in [4.69, 9.17) is 5.73 Å². The van der Waals surface area contributed by atoms with Crippen LogP contribution < -0.4 is 10.5 Å². The van der Waals surface area contributed by atoms with E-state index in [0.29, 0.717) is 12.3 Å². The number of nitrogens with one attached hydrogen (secondary N) is 1. The molecule has 0 aliphatic carbocycles. The number of anilines is 1. The summed E-state index contributed by atoms with van der Waals surface area (Å²) in [4.78, 5) is -0.462. The van der Waals surface area contributed by atoms with Gasteiger partial charge in [0, 0.05) is 6.04 Å². The average molecular weight is 302 g/mol. The zero-order valence-electron chi connectivity index (χ0n) is 12.2. The molecule has 0 bridgehead atoms. The first-order valence-electron chi connectivity index (χ1n) is 6.80. The number of benzene rings is 1. The van der Waals surface area contributed by atoms with Crippen LogP contribution in [0.3, 0.4) is 0 Å². The molecule has 3 N–H and O–H groups in total. The van der Waals surface area contributed by atoms with Crippen molar-refractivity contribution in [3.05, 3.63) is 24.0 Å². The summed E-state index contributed by atoms with van der Waals surface area (Å²) in [7, 11) is -3.92. The summed E-state index contributed by atoms with van der Waals surface area (Å²) in [5.74, 6) is -0.243. The lowest BCUT2D eigenvalue weighted by atomic mass is 10.0. The van der Waals surface area contributed by atoms with Crippen molar-refractivity contribution >= 4 is 15.7 Å². The SMILES string of the molecule is CC(C)CCCC(C)NS(=O)(=O)c1c(N)cccc1F. The second kappa shape index (κ2) is 7.04. The Bertz CT molecular complexity index is 524. The highest BCUT2D eigenvalue weighted by molar-refractivity contribution is 7.89. The smallest absolute Gasteiger partial charge is 0.245 e. The number of hydrogen-bond donors (Lipinski definition) is 2. The van der Waals surface area contributed by atoms with Crippen LogP contribution in [-0.4, -0.2) is 14.5 Å². The summed E-state index contributed by atoms with van der Waals surface area (Å²) < 4.78 is 40.4. The van der Waals surface area contributed by atoms with E-state index < -0.39 is 20.7 Å². The van der Waals surface area contributed by atoms with Crippen LogP contribution in [-0.2, 0) is 10.0 Å². The summed E-state index contributed by atoms with van der Waals surface area (Å²) >= 11 is 0. The molecule has 1 unspecified atom stereocenters. The average Bonchev–Trinajstić information content (AvgIpc) is 2.26. The predicted molar refractivity (Wildman–Crippen MR) is 79.3 cm³/mol. The number of hydrogen-bond acceptors (Lipinski definition) is 3. The monoisotopic (exact) mass is 302 g/mol. The summed E-state index contributed by atoms with van der Waals surface area (Å²) in [6.07, 6.45) is 2.67. The standard InChI is InChI=1S/C14H23FN2O2S/c1-10(2)6-4-7-11(3)17-20(18,19)14-12(15)8-5-9-13(14)16/h5,8-11,17H,4,6-7,16H2,1-3H3. The van der Waals surface area contributed by atoms with Crippen molar-refractivity contribution in [3.63, 3.8) is 0 Å². The van der Waals surface area contributed by atoms with Crippen molar-refractivity contribution in [3.8, 4) is 0 Å². The maximum atomic E-state index is 13.7. The highest BCUT2D eigenvalue weighted by atomic mass is 32.2. The molecular formula is C14H23FN2O2S. The van der Waals surface area contributed by atoms with E-state index in [2.05, 4.69) is 18.6 Å². The van der Waals surface area contributed by atoms with E-state index in [-0.39, 0.29) is 11.7 Å². The number of nitrogens with two attached hydrogens (primary N) is 1. The predicted octanol–water partition coefficient (Wildman–Crippen LogP) is 2.90. The minimum Gasteiger partial charge on any atom is -0.398 e.